The number of para-hydroxylation sites is 2. The van der Waals surface area contributed by atoms with Crippen molar-refractivity contribution in [1.82, 2.24) is 0 Å². The molecule has 0 aromatic heterocycles. The summed E-state index contributed by atoms with van der Waals surface area (Å²) in [5.74, 6) is -0.0882. The average molecular weight is 576 g/mol. The van der Waals surface area contributed by atoms with Crippen LogP contribution in [-0.4, -0.2) is 27.8 Å². The van der Waals surface area contributed by atoms with Crippen LogP contribution < -0.4 is 8.37 Å². The van der Waals surface area contributed by atoms with E-state index >= 15 is 0 Å². The maximum absolute atomic E-state index is 12.9. The molecule has 37 heavy (non-hydrogen) atoms. The van der Waals surface area contributed by atoms with Gasteiger partial charge in [-0.2, -0.15) is 16.8 Å². The molecule has 4 aromatic rings. The van der Waals surface area contributed by atoms with Crippen LogP contribution in [0.25, 0.3) is 11.1 Å². The minimum Gasteiger partial charge on any atom is -0.410 e. The lowest BCUT2D eigenvalue weighted by Crippen LogP contribution is -2.11. The Labute approximate surface area is 222 Å². The van der Waals surface area contributed by atoms with Crippen molar-refractivity contribution in [2.45, 2.75) is 9.79 Å². The summed E-state index contributed by atoms with van der Waals surface area (Å²) in [6.45, 7) is 0. The molecule has 1 N–H and O–H groups in total. The maximum Gasteiger partial charge on any atom is 0.339 e. The minimum atomic E-state index is -4.30. The van der Waals surface area contributed by atoms with E-state index in [0.717, 1.165) is 0 Å². The highest BCUT2D eigenvalue weighted by Crippen LogP contribution is 2.40. The van der Waals surface area contributed by atoms with Crippen LogP contribution in [-0.2, 0) is 20.2 Å². The van der Waals surface area contributed by atoms with E-state index in [1.165, 1.54) is 60.7 Å². The maximum atomic E-state index is 12.9. The van der Waals surface area contributed by atoms with Crippen LogP contribution in [0.3, 0.4) is 0 Å². The van der Waals surface area contributed by atoms with Crippen LogP contribution in [0.5, 0.6) is 11.5 Å². The van der Waals surface area contributed by atoms with Crippen molar-refractivity contribution in [3.8, 4) is 22.6 Å². The first-order valence-corrected chi connectivity index (χ1v) is 14.1. The molecular weight excluding hydrogens is 561 g/mol. The highest BCUT2D eigenvalue weighted by molar-refractivity contribution is 7.87. The Morgan fingerprint density at radius 2 is 1.00 bits per heavy atom. The van der Waals surface area contributed by atoms with Crippen molar-refractivity contribution < 1.29 is 30.4 Å². The van der Waals surface area contributed by atoms with Gasteiger partial charge in [0.2, 0.25) is 0 Å². The molecular formula is C25H15Cl2NO7S2. The summed E-state index contributed by atoms with van der Waals surface area (Å²) in [7, 11) is -8.59. The molecule has 0 saturated carbocycles. The van der Waals surface area contributed by atoms with Gasteiger partial charge in [0.25, 0.3) is 0 Å². The standard InChI is InChI=1S/C25H15Cl2NO7S2/c26-21-5-1-3-7-23(21)34-36(30,31)15-9-11-17-18-12-10-16(14-20(18)25(28-29)19(17)13-15)37(32,33)35-24-8-4-2-6-22(24)27/h1-14,29H. The molecule has 0 saturated heterocycles. The van der Waals surface area contributed by atoms with Crippen molar-refractivity contribution >= 4 is 49.1 Å². The van der Waals surface area contributed by atoms with Crippen molar-refractivity contribution in [2.75, 3.05) is 0 Å². The molecule has 0 heterocycles. The first kappa shape index (κ1) is 25.1. The van der Waals surface area contributed by atoms with Crippen LogP contribution >= 0.6 is 23.2 Å². The van der Waals surface area contributed by atoms with E-state index in [9.17, 15) is 22.0 Å². The highest BCUT2D eigenvalue weighted by Gasteiger charge is 2.31. The zero-order valence-corrected chi connectivity index (χ0v) is 21.6. The number of halogens is 2. The number of oxime groups is 1. The van der Waals surface area contributed by atoms with Crippen molar-refractivity contribution in [2.24, 2.45) is 5.16 Å². The second kappa shape index (κ2) is 9.38. The molecule has 1 aliphatic rings. The monoisotopic (exact) mass is 575 g/mol. The molecule has 0 unspecified atom stereocenters. The summed E-state index contributed by atoms with van der Waals surface area (Å²) in [5.41, 5.74) is 1.59. The van der Waals surface area contributed by atoms with Gasteiger partial charge in [0.1, 0.15) is 15.5 Å². The fourth-order valence-electron chi connectivity index (χ4n) is 3.83. The van der Waals surface area contributed by atoms with Gasteiger partial charge in [0.15, 0.2) is 11.5 Å². The molecule has 12 heteroatoms. The Bertz CT molecular complexity index is 1670. The quantitative estimate of drug-likeness (QED) is 0.156. The van der Waals surface area contributed by atoms with Crippen molar-refractivity contribution in [1.29, 1.82) is 0 Å². The summed E-state index contributed by atoms with van der Waals surface area (Å²) in [5, 5.41) is 13.3. The highest BCUT2D eigenvalue weighted by atomic mass is 35.5. The van der Waals surface area contributed by atoms with Gasteiger partial charge in [0.05, 0.1) is 10.0 Å². The normalized spacial score (nSPS) is 12.5. The Hall–Kier alpha value is -3.57. The predicted molar refractivity (Wildman–Crippen MR) is 138 cm³/mol. The summed E-state index contributed by atoms with van der Waals surface area (Å²) in [4.78, 5) is -0.426. The molecule has 0 spiro atoms. The Balaban J connectivity index is 1.51. The van der Waals surface area contributed by atoms with Gasteiger partial charge in [-0.05, 0) is 59.7 Å². The van der Waals surface area contributed by atoms with Crippen molar-refractivity contribution in [3.05, 3.63) is 106 Å². The van der Waals surface area contributed by atoms with Gasteiger partial charge in [-0.3, -0.25) is 0 Å². The SMILES string of the molecule is O=S(=O)(Oc1ccccc1Cl)c1ccc2c(c1)C(=NO)c1cc(S(=O)(=O)Oc3ccccc3Cl)ccc1-2. The summed E-state index contributed by atoms with van der Waals surface area (Å²) in [6.07, 6.45) is 0. The van der Waals surface area contributed by atoms with Gasteiger partial charge < -0.3 is 13.6 Å². The van der Waals surface area contributed by atoms with Gasteiger partial charge in [-0.15, -0.1) is 0 Å². The van der Waals surface area contributed by atoms with Crippen LogP contribution in [0.4, 0.5) is 0 Å². The third kappa shape index (κ3) is 4.64. The Morgan fingerprint density at radius 3 is 1.38 bits per heavy atom. The molecule has 5 rings (SSSR count). The topological polar surface area (TPSA) is 119 Å². The molecule has 188 valence electrons. The van der Waals surface area contributed by atoms with Crippen LogP contribution in [0.2, 0.25) is 10.0 Å². The van der Waals surface area contributed by atoms with E-state index in [1.54, 1.807) is 24.3 Å². The molecule has 8 nitrogen and oxygen atoms in total. The van der Waals surface area contributed by atoms with Gasteiger partial charge in [-0.25, -0.2) is 0 Å². The van der Waals surface area contributed by atoms with E-state index in [1.807, 2.05) is 0 Å². The summed E-state index contributed by atoms with van der Waals surface area (Å²) in [6, 6.07) is 20.5. The lowest BCUT2D eigenvalue weighted by Gasteiger charge is -2.10. The van der Waals surface area contributed by atoms with Crippen LogP contribution in [0, 0.1) is 0 Å². The van der Waals surface area contributed by atoms with E-state index in [0.29, 0.717) is 11.1 Å². The molecule has 0 amide bonds. The molecule has 0 aliphatic heterocycles. The number of rotatable bonds is 6. The Morgan fingerprint density at radius 1 is 0.595 bits per heavy atom. The smallest absolute Gasteiger partial charge is 0.339 e. The lowest BCUT2D eigenvalue weighted by atomic mass is 10.1. The number of fused-ring (bicyclic) bond motifs is 3. The summed E-state index contributed by atoms with van der Waals surface area (Å²) >= 11 is 12.0. The Kier molecular flexibility index (Phi) is 6.36. The molecule has 1 aliphatic carbocycles. The minimum absolute atomic E-state index is 0.0189. The molecule has 4 aromatic carbocycles. The third-order valence-electron chi connectivity index (χ3n) is 5.53. The fourth-order valence-corrected chi connectivity index (χ4v) is 6.22. The number of hydrogen-bond donors (Lipinski definition) is 1. The molecule has 0 fully saturated rings. The van der Waals surface area contributed by atoms with E-state index < -0.39 is 20.2 Å². The summed E-state index contributed by atoms with van der Waals surface area (Å²) < 4.78 is 62.0. The second-order valence-corrected chi connectivity index (χ2v) is 11.7. The number of benzene rings is 4. The first-order valence-electron chi connectivity index (χ1n) is 10.5. The zero-order chi connectivity index (χ0) is 26.4. The second-order valence-electron chi connectivity index (χ2n) is 7.80. The number of nitrogens with zero attached hydrogens (tertiary/aromatic N) is 1. The molecule has 0 bridgehead atoms. The average Bonchev–Trinajstić information content (AvgIpc) is 3.19. The van der Waals surface area contributed by atoms with Crippen LogP contribution in [0.1, 0.15) is 11.1 Å². The van der Waals surface area contributed by atoms with Gasteiger partial charge in [0, 0.05) is 11.1 Å². The predicted octanol–water partition coefficient (Wildman–Crippen LogP) is 5.74. The molecule has 0 atom stereocenters. The van der Waals surface area contributed by atoms with E-state index in [4.69, 9.17) is 31.6 Å². The van der Waals surface area contributed by atoms with Crippen LogP contribution in [0.15, 0.2) is 99.9 Å². The van der Waals surface area contributed by atoms with E-state index in [-0.39, 0.29) is 48.2 Å². The lowest BCUT2D eigenvalue weighted by molar-refractivity contribution is 0.320. The number of hydrogen-bond acceptors (Lipinski definition) is 8. The first-order chi connectivity index (χ1) is 17.6. The fraction of sp³-hybridized carbons (Fsp3) is 0. The van der Waals surface area contributed by atoms with E-state index in [2.05, 4.69) is 5.16 Å². The zero-order valence-electron chi connectivity index (χ0n) is 18.5. The van der Waals surface area contributed by atoms with Gasteiger partial charge in [-0.1, -0.05) is 64.8 Å². The van der Waals surface area contributed by atoms with Crippen molar-refractivity contribution in [3.63, 3.8) is 0 Å². The third-order valence-corrected chi connectivity index (χ3v) is 8.62. The van der Waals surface area contributed by atoms with Gasteiger partial charge >= 0.3 is 20.2 Å². The molecule has 0 radical (unpaired) electrons. The largest absolute Gasteiger partial charge is 0.410 e.